The average molecular weight is 254 g/mol. The molecule has 18 heavy (non-hydrogen) atoms. The third-order valence-corrected chi connectivity index (χ3v) is 3.21. The highest BCUT2D eigenvalue weighted by Gasteiger charge is 2.54. The number of rotatable bonds is 0. The number of hydrogen-bond donors (Lipinski definition) is 2. The van der Waals surface area contributed by atoms with Crippen LogP contribution in [0.1, 0.15) is 6.42 Å². The number of nitrogens with one attached hydrogen (secondary N) is 1. The normalized spacial score (nSPS) is 38.9. The van der Waals surface area contributed by atoms with Gasteiger partial charge in [-0.05, 0) is 0 Å². The summed E-state index contributed by atoms with van der Waals surface area (Å²) in [5, 5.41) is 11.7. The molecule has 3 fully saturated rings. The molecule has 3 heterocycles. The van der Waals surface area contributed by atoms with Crippen molar-refractivity contribution in [3.05, 3.63) is 5.53 Å². The first-order valence-electron chi connectivity index (χ1n) is 5.42. The Kier molecular flexibility index (Phi) is 2.42. The van der Waals surface area contributed by atoms with E-state index in [1.54, 1.807) is 0 Å². The fraction of sp³-hybridized carbons (Fsp3) is 0.667. The van der Waals surface area contributed by atoms with Gasteiger partial charge in [0, 0.05) is 6.42 Å². The average Bonchev–Trinajstić information content (AvgIpc) is 2.55. The van der Waals surface area contributed by atoms with Crippen molar-refractivity contribution in [1.82, 2.24) is 10.2 Å². The zero-order valence-electron chi connectivity index (χ0n) is 9.15. The smallest absolute Gasteiger partial charge is 0.390 e. The monoisotopic (exact) mass is 254 g/mol. The maximum atomic E-state index is 11.8. The summed E-state index contributed by atoms with van der Waals surface area (Å²) >= 11 is 0. The van der Waals surface area contributed by atoms with Gasteiger partial charge in [0.15, 0.2) is 0 Å². The van der Waals surface area contributed by atoms with Crippen LogP contribution in [-0.4, -0.2) is 63.7 Å². The van der Waals surface area contributed by atoms with Crippen LogP contribution in [-0.2, 0) is 14.3 Å². The maximum Gasteiger partial charge on any atom is 0.405 e. The van der Waals surface area contributed by atoms with Gasteiger partial charge in [-0.3, -0.25) is 15.0 Å². The van der Waals surface area contributed by atoms with Crippen LogP contribution >= 0.6 is 0 Å². The highest BCUT2D eigenvalue weighted by Crippen LogP contribution is 2.30. The van der Waals surface area contributed by atoms with Crippen LogP contribution in [0.3, 0.4) is 0 Å². The molecule has 0 spiro atoms. The number of nitrogens with zero attached hydrogens (tertiary/aromatic N) is 3. The second-order valence-corrected chi connectivity index (χ2v) is 4.27. The first kappa shape index (κ1) is 11.3. The van der Waals surface area contributed by atoms with E-state index in [4.69, 9.17) is 15.0 Å². The molecule has 9 nitrogen and oxygen atoms in total. The molecule has 0 aromatic carbocycles. The largest absolute Gasteiger partial charge is 0.405 e. The fourth-order valence-corrected chi connectivity index (χ4v) is 2.33. The SMILES string of the molecule is [N-]=[N+]=C1C(=O)NC(=O)N2[C@H]3C[C@H](O)[C@@H](CO[C@@H]12)O3. The standard InChI is InChI=1S/C9H10N4O5/c10-12-6-7(15)11-9(16)13-5-1-3(14)4(18-5)2-17-8(6)13/h3-5,8,14H,1-2H2,(H,11,15,16)/t3-,4+,5+,8-/m0/s1. The predicted molar refractivity (Wildman–Crippen MR) is 53.0 cm³/mol. The van der Waals surface area contributed by atoms with E-state index in [0.717, 1.165) is 4.90 Å². The van der Waals surface area contributed by atoms with Crippen LogP contribution in [0.15, 0.2) is 0 Å². The van der Waals surface area contributed by atoms with Crippen molar-refractivity contribution in [2.75, 3.05) is 6.61 Å². The molecule has 3 saturated heterocycles. The molecule has 0 aromatic heterocycles. The highest BCUT2D eigenvalue weighted by molar-refractivity contribution is 6.42. The molecular weight excluding hydrogens is 244 g/mol. The molecule has 3 amide bonds. The summed E-state index contributed by atoms with van der Waals surface area (Å²) in [5.41, 5.74) is 8.51. The molecule has 2 N–H and O–H groups in total. The zero-order valence-corrected chi connectivity index (χ0v) is 9.15. The molecule has 0 saturated carbocycles. The molecule has 3 aliphatic heterocycles. The van der Waals surface area contributed by atoms with E-state index in [-0.39, 0.29) is 18.7 Å². The van der Waals surface area contributed by atoms with Gasteiger partial charge in [-0.2, -0.15) is 4.79 Å². The molecule has 0 radical (unpaired) electrons. The lowest BCUT2D eigenvalue weighted by molar-refractivity contribution is -0.128. The van der Waals surface area contributed by atoms with Gasteiger partial charge in [0.05, 0.1) is 12.7 Å². The topological polar surface area (TPSA) is 124 Å². The molecule has 96 valence electrons. The van der Waals surface area contributed by atoms with Crippen molar-refractivity contribution in [2.45, 2.75) is 31.1 Å². The van der Waals surface area contributed by atoms with Gasteiger partial charge >= 0.3 is 17.6 Å². The molecule has 9 heteroatoms. The van der Waals surface area contributed by atoms with Crippen LogP contribution in [0.2, 0.25) is 0 Å². The summed E-state index contributed by atoms with van der Waals surface area (Å²) in [6.07, 6.45) is -2.84. The first-order valence-corrected chi connectivity index (χ1v) is 5.42. The minimum atomic E-state index is -1.08. The number of aliphatic hydroxyl groups excluding tert-OH is 1. The van der Waals surface area contributed by atoms with E-state index in [1.807, 2.05) is 5.32 Å². The van der Waals surface area contributed by atoms with E-state index in [2.05, 4.69) is 4.79 Å². The summed E-state index contributed by atoms with van der Waals surface area (Å²) < 4.78 is 10.8. The van der Waals surface area contributed by atoms with Crippen molar-refractivity contribution in [2.24, 2.45) is 0 Å². The molecule has 2 bridgehead atoms. The quantitative estimate of drug-likeness (QED) is 0.383. The molecule has 0 aromatic rings. The van der Waals surface area contributed by atoms with Gasteiger partial charge in [-0.15, -0.1) is 0 Å². The minimum absolute atomic E-state index is 0.0123. The van der Waals surface area contributed by atoms with Crippen LogP contribution in [0.5, 0.6) is 0 Å². The van der Waals surface area contributed by atoms with Gasteiger partial charge in [0.2, 0.25) is 6.23 Å². The summed E-state index contributed by atoms with van der Waals surface area (Å²) in [7, 11) is 0. The Morgan fingerprint density at radius 3 is 3.00 bits per heavy atom. The Morgan fingerprint density at radius 2 is 2.28 bits per heavy atom. The van der Waals surface area contributed by atoms with Crippen molar-refractivity contribution in [3.8, 4) is 0 Å². The van der Waals surface area contributed by atoms with Crippen LogP contribution in [0.25, 0.3) is 5.53 Å². The predicted octanol–water partition coefficient (Wildman–Crippen LogP) is -1.96. The van der Waals surface area contributed by atoms with Crippen molar-refractivity contribution < 1.29 is 29.0 Å². The maximum absolute atomic E-state index is 11.8. The van der Waals surface area contributed by atoms with E-state index < -0.39 is 36.6 Å². The first-order chi connectivity index (χ1) is 8.61. The number of aliphatic hydroxyl groups is 1. The lowest BCUT2D eigenvalue weighted by Gasteiger charge is -2.33. The third kappa shape index (κ3) is 1.46. The van der Waals surface area contributed by atoms with Gasteiger partial charge in [-0.1, -0.05) is 0 Å². The van der Waals surface area contributed by atoms with E-state index >= 15 is 0 Å². The number of imide groups is 1. The Hall–Kier alpha value is -1.80. The third-order valence-electron chi connectivity index (χ3n) is 3.21. The zero-order chi connectivity index (χ0) is 12.9. The van der Waals surface area contributed by atoms with E-state index in [0.29, 0.717) is 0 Å². The molecule has 0 aliphatic carbocycles. The van der Waals surface area contributed by atoms with Gasteiger partial charge in [0.1, 0.15) is 12.3 Å². The van der Waals surface area contributed by atoms with Crippen molar-refractivity contribution in [3.63, 3.8) is 0 Å². The second-order valence-electron chi connectivity index (χ2n) is 4.27. The highest BCUT2D eigenvalue weighted by atomic mass is 16.6. The lowest BCUT2D eigenvalue weighted by atomic mass is 10.1. The molecule has 3 aliphatic rings. The number of ether oxygens (including phenoxy) is 2. The summed E-state index contributed by atoms with van der Waals surface area (Å²) in [4.78, 5) is 27.2. The van der Waals surface area contributed by atoms with E-state index in [1.165, 1.54) is 0 Å². The Bertz CT molecular complexity index is 474. The van der Waals surface area contributed by atoms with Crippen molar-refractivity contribution >= 4 is 17.6 Å². The molecule has 4 atom stereocenters. The van der Waals surface area contributed by atoms with Gasteiger partial charge in [0.25, 0.3) is 0 Å². The van der Waals surface area contributed by atoms with Crippen LogP contribution in [0, 0.1) is 0 Å². The Balaban J connectivity index is 1.99. The number of fused-ring (bicyclic) bond motifs is 4. The number of urea groups is 1. The van der Waals surface area contributed by atoms with Crippen molar-refractivity contribution in [1.29, 1.82) is 0 Å². The molecular formula is C9H10N4O5. The number of amides is 3. The minimum Gasteiger partial charge on any atom is -0.390 e. The number of carbonyl (C=O) groups is 2. The summed E-state index contributed by atoms with van der Waals surface area (Å²) in [5.74, 6) is -0.804. The van der Waals surface area contributed by atoms with Gasteiger partial charge in [-0.25, -0.2) is 4.79 Å². The summed E-state index contributed by atoms with van der Waals surface area (Å²) in [6.45, 7) is 0.0123. The molecule has 0 unspecified atom stereocenters. The van der Waals surface area contributed by atoms with E-state index in [9.17, 15) is 14.7 Å². The van der Waals surface area contributed by atoms with Crippen LogP contribution in [0.4, 0.5) is 4.79 Å². The Labute approximate surface area is 101 Å². The summed E-state index contributed by atoms with van der Waals surface area (Å²) in [6, 6.07) is -0.697. The molecule has 3 rings (SSSR count). The van der Waals surface area contributed by atoms with Gasteiger partial charge < -0.3 is 20.1 Å². The Morgan fingerprint density at radius 1 is 1.50 bits per heavy atom. The second kappa shape index (κ2) is 3.85. The lowest BCUT2D eigenvalue weighted by Crippen LogP contribution is -2.64. The number of hydrogen-bond acceptors (Lipinski definition) is 5. The fourth-order valence-electron chi connectivity index (χ4n) is 2.33. The van der Waals surface area contributed by atoms with Crippen LogP contribution < -0.4 is 5.32 Å². The number of carbonyl (C=O) groups excluding carboxylic acids is 2.